The van der Waals surface area contributed by atoms with Crippen molar-refractivity contribution in [2.45, 2.75) is 13.5 Å². The minimum absolute atomic E-state index is 0.0154. The van der Waals surface area contributed by atoms with Crippen molar-refractivity contribution in [2.75, 3.05) is 0 Å². The molecule has 0 saturated carbocycles. The Morgan fingerprint density at radius 3 is 2.64 bits per heavy atom. The van der Waals surface area contributed by atoms with Crippen LogP contribution in [0, 0.1) is 6.92 Å². The van der Waals surface area contributed by atoms with E-state index in [9.17, 15) is 4.79 Å². The van der Waals surface area contributed by atoms with E-state index in [1.54, 1.807) is 10.9 Å². The SMILES string of the molecule is Cc1ccccc1Cn1cnc2c(-c3ccc(Br)cc3)csc2c1=O. The van der Waals surface area contributed by atoms with Gasteiger partial charge >= 0.3 is 0 Å². The van der Waals surface area contributed by atoms with Gasteiger partial charge in [0.15, 0.2) is 0 Å². The van der Waals surface area contributed by atoms with Crippen LogP contribution in [0.1, 0.15) is 11.1 Å². The quantitative estimate of drug-likeness (QED) is 0.462. The largest absolute Gasteiger partial charge is 0.294 e. The normalized spacial score (nSPS) is 11.1. The average molecular weight is 411 g/mol. The predicted molar refractivity (Wildman–Crippen MR) is 107 cm³/mol. The van der Waals surface area contributed by atoms with Crippen molar-refractivity contribution >= 4 is 37.5 Å². The molecule has 2 aromatic heterocycles. The fraction of sp³-hybridized carbons (Fsp3) is 0.100. The van der Waals surface area contributed by atoms with E-state index in [2.05, 4.69) is 33.9 Å². The number of hydrogen-bond donors (Lipinski definition) is 0. The van der Waals surface area contributed by atoms with E-state index >= 15 is 0 Å². The highest BCUT2D eigenvalue weighted by Gasteiger charge is 2.13. The molecule has 0 atom stereocenters. The van der Waals surface area contributed by atoms with Crippen molar-refractivity contribution in [1.82, 2.24) is 9.55 Å². The molecule has 0 amide bonds. The molecule has 3 nitrogen and oxygen atoms in total. The summed E-state index contributed by atoms with van der Waals surface area (Å²) >= 11 is 4.91. The predicted octanol–water partition coefficient (Wildman–Crippen LogP) is 5.24. The lowest BCUT2D eigenvalue weighted by Gasteiger charge is -2.08. The first-order valence-corrected chi connectivity index (χ1v) is 9.58. The van der Waals surface area contributed by atoms with Crippen LogP contribution in [0.2, 0.25) is 0 Å². The third-order valence-corrected chi connectivity index (χ3v) is 5.79. The summed E-state index contributed by atoms with van der Waals surface area (Å²) in [6, 6.07) is 16.2. The van der Waals surface area contributed by atoms with Crippen molar-refractivity contribution in [2.24, 2.45) is 0 Å². The van der Waals surface area contributed by atoms with E-state index in [-0.39, 0.29) is 5.56 Å². The molecule has 0 aliphatic carbocycles. The zero-order valence-corrected chi connectivity index (χ0v) is 16.0. The number of aromatic nitrogens is 2. The van der Waals surface area contributed by atoms with Gasteiger partial charge in [-0.05, 0) is 35.7 Å². The number of thiophene rings is 1. The molecule has 2 heterocycles. The van der Waals surface area contributed by atoms with E-state index in [0.717, 1.165) is 26.7 Å². The molecule has 4 rings (SSSR count). The van der Waals surface area contributed by atoms with E-state index in [1.807, 2.05) is 47.8 Å². The lowest BCUT2D eigenvalue weighted by molar-refractivity contribution is 0.746. The lowest BCUT2D eigenvalue weighted by Crippen LogP contribution is -2.20. The van der Waals surface area contributed by atoms with E-state index in [1.165, 1.54) is 16.9 Å². The summed E-state index contributed by atoms with van der Waals surface area (Å²) in [6.07, 6.45) is 1.66. The van der Waals surface area contributed by atoms with E-state index < -0.39 is 0 Å². The molecule has 0 unspecified atom stereocenters. The Hall–Kier alpha value is -2.24. The fourth-order valence-corrected chi connectivity index (χ4v) is 4.10. The van der Waals surface area contributed by atoms with Gasteiger partial charge in [0.1, 0.15) is 4.70 Å². The van der Waals surface area contributed by atoms with Crippen molar-refractivity contribution in [3.05, 3.63) is 86.2 Å². The van der Waals surface area contributed by atoms with E-state index in [4.69, 9.17) is 0 Å². The molecular weight excluding hydrogens is 396 g/mol. The molecule has 124 valence electrons. The summed E-state index contributed by atoms with van der Waals surface area (Å²) in [4.78, 5) is 17.5. The van der Waals surface area contributed by atoms with E-state index in [0.29, 0.717) is 11.2 Å². The minimum Gasteiger partial charge on any atom is -0.294 e. The summed E-state index contributed by atoms with van der Waals surface area (Å²) in [5.41, 5.74) is 5.18. The Kier molecular flexibility index (Phi) is 4.27. The van der Waals surface area contributed by atoms with Gasteiger partial charge < -0.3 is 0 Å². The molecule has 0 saturated heterocycles. The van der Waals surface area contributed by atoms with Crippen molar-refractivity contribution in [1.29, 1.82) is 0 Å². The van der Waals surface area contributed by atoms with Gasteiger partial charge in [0, 0.05) is 15.4 Å². The van der Waals surface area contributed by atoms with Gasteiger partial charge in [-0.2, -0.15) is 0 Å². The standard InChI is InChI=1S/C20H15BrN2OS/c1-13-4-2-3-5-15(13)10-23-12-22-18-17(11-25-19(18)20(23)24)14-6-8-16(21)9-7-14/h2-9,11-12H,10H2,1H3. The highest BCUT2D eigenvalue weighted by molar-refractivity contribution is 9.10. The molecule has 0 radical (unpaired) electrons. The van der Waals surface area contributed by atoms with Crippen molar-refractivity contribution < 1.29 is 0 Å². The maximum atomic E-state index is 12.9. The number of aryl methyl sites for hydroxylation is 1. The molecular formula is C20H15BrN2OS. The maximum Gasteiger partial charge on any atom is 0.271 e. The number of benzene rings is 2. The van der Waals surface area contributed by atoms with Crippen LogP contribution in [0.5, 0.6) is 0 Å². The second-order valence-electron chi connectivity index (χ2n) is 5.94. The minimum atomic E-state index is 0.0154. The fourth-order valence-electron chi connectivity index (χ4n) is 2.86. The molecule has 0 spiro atoms. The molecule has 0 fully saturated rings. The molecule has 0 aliphatic heterocycles. The Labute approximate surface area is 157 Å². The molecule has 0 N–H and O–H groups in total. The summed E-state index contributed by atoms with van der Waals surface area (Å²) in [5.74, 6) is 0. The summed E-state index contributed by atoms with van der Waals surface area (Å²) in [7, 11) is 0. The summed E-state index contributed by atoms with van der Waals surface area (Å²) in [5, 5.41) is 2.01. The van der Waals surface area contributed by atoms with Crippen LogP contribution in [-0.4, -0.2) is 9.55 Å². The molecule has 5 heteroatoms. The van der Waals surface area contributed by atoms with Crippen molar-refractivity contribution in [3.8, 4) is 11.1 Å². The lowest BCUT2D eigenvalue weighted by atomic mass is 10.1. The molecule has 4 aromatic rings. The Balaban J connectivity index is 1.78. The molecule has 2 aromatic carbocycles. The second-order valence-corrected chi connectivity index (χ2v) is 7.73. The first-order valence-electron chi connectivity index (χ1n) is 7.90. The molecule has 0 bridgehead atoms. The molecule has 0 aliphatic rings. The van der Waals surface area contributed by atoms with Gasteiger partial charge in [-0.1, -0.05) is 52.3 Å². The van der Waals surface area contributed by atoms with Gasteiger partial charge in [0.05, 0.1) is 18.4 Å². The Bertz CT molecular complexity index is 1110. The summed E-state index contributed by atoms with van der Waals surface area (Å²) < 4.78 is 3.42. The van der Waals surface area contributed by atoms with Crippen LogP contribution in [0.3, 0.4) is 0 Å². The third-order valence-electron chi connectivity index (χ3n) is 4.30. The Morgan fingerprint density at radius 1 is 1.12 bits per heavy atom. The van der Waals surface area contributed by atoms with Crippen LogP contribution < -0.4 is 5.56 Å². The summed E-state index contributed by atoms with van der Waals surface area (Å²) in [6.45, 7) is 2.60. The van der Waals surface area contributed by atoms with Crippen LogP contribution in [0.4, 0.5) is 0 Å². The smallest absolute Gasteiger partial charge is 0.271 e. The van der Waals surface area contributed by atoms with Gasteiger partial charge in [-0.25, -0.2) is 4.98 Å². The van der Waals surface area contributed by atoms with Gasteiger partial charge in [-0.15, -0.1) is 11.3 Å². The molecule has 25 heavy (non-hydrogen) atoms. The first-order chi connectivity index (χ1) is 12.1. The zero-order chi connectivity index (χ0) is 17.4. The van der Waals surface area contributed by atoms with Crippen LogP contribution in [0.15, 0.2) is 69.5 Å². The van der Waals surface area contributed by atoms with Gasteiger partial charge in [0.25, 0.3) is 5.56 Å². The van der Waals surface area contributed by atoms with Crippen LogP contribution >= 0.6 is 27.3 Å². The van der Waals surface area contributed by atoms with Gasteiger partial charge in [-0.3, -0.25) is 9.36 Å². The highest BCUT2D eigenvalue weighted by Crippen LogP contribution is 2.31. The van der Waals surface area contributed by atoms with Gasteiger partial charge in [0.2, 0.25) is 0 Å². The van der Waals surface area contributed by atoms with Crippen molar-refractivity contribution in [3.63, 3.8) is 0 Å². The van der Waals surface area contributed by atoms with Crippen LogP contribution in [-0.2, 0) is 6.54 Å². The third kappa shape index (κ3) is 3.05. The zero-order valence-electron chi connectivity index (χ0n) is 13.6. The highest BCUT2D eigenvalue weighted by atomic mass is 79.9. The number of rotatable bonds is 3. The number of hydrogen-bond acceptors (Lipinski definition) is 3. The monoisotopic (exact) mass is 410 g/mol. The van der Waals surface area contributed by atoms with Crippen LogP contribution in [0.25, 0.3) is 21.3 Å². The topological polar surface area (TPSA) is 34.9 Å². The second kappa shape index (κ2) is 6.58. The average Bonchev–Trinajstić information content (AvgIpc) is 3.05. The number of nitrogens with zero attached hydrogens (tertiary/aromatic N) is 2. The number of halogens is 1. The Morgan fingerprint density at radius 2 is 1.88 bits per heavy atom. The maximum absolute atomic E-state index is 12.9. The first kappa shape index (κ1) is 16.2. The number of fused-ring (bicyclic) bond motifs is 1.